The van der Waals surface area contributed by atoms with Crippen molar-refractivity contribution in [1.82, 2.24) is 4.98 Å². The van der Waals surface area contributed by atoms with Crippen molar-refractivity contribution < 1.29 is 9.53 Å². The van der Waals surface area contributed by atoms with E-state index in [0.29, 0.717) is 17.1 Å². The number of carbonyl (C=O) groups excluding carboxylic acids is 1. The zero-order chi connectivity index (χ0) is 16.9. The van der Waals surface area contributed by atoms with E-state index in [-0.39, 0.29) is 5.91 Å². The van der Waals surface area contributed by atoms with Crippen LogP contribution in [0.2, 0.25) is 0 Å². The van der Waals surface area contributed by atoms with Crippen LogP contribution in [0.25, 0.3) is 0 Å². The Morgan fingerprint density at radius 2 is 2.04 bits per heavy atom. The van der Waals surface area contributed by atoms with Gasteiger partial charge in [0.1, 0.15) is 11.6 Å². The van der Waals surface area contributed by atoms with Gasteiger partial charge in [-0.25, -0.2) is 4.98 Å². The van der Waals surface area contributed by atoms with Crippen molar-refractivity contribution in [3.63, 3.8) is 0 Å². The maximum atomic E-state index is 12.3. The monoisotopic (exact) mass is 325 g/mol. The number of benzene rings is 1. The van der Waals surface area contributed by atoms with E-state index < -0.39 is 0 Å². The molecule has 5 heteroatoms. The van der Waals surface area contributed by atoms with Crippen LogP contribution in [0.15, 0.2) is 42.6 Å². The van der Waals surface area contributed by atoms with Gasteiger partial charge in [-0.2, -0.15) is 0 Å². The van der Waals surface area contributed by atoms with Crippen molar-refractivity contribution in [3.8, 4) is 5.75 Å². The van der Waals surface area contributed by atoms with Crippen molar-refractivity contribution in [3.05, 3.63) is 48.2 Å². The molecule has 2 aromatic rings. The Balaban J connectivity index is 1.64. The van der Waals surface area contributed by atoms with Gasteiger partial charge in [-0.1, -0.05) is 13.0 Å². The van der Waals surface area contributed by atoms with E-state index in [2.05, 4.69) is 22.1 Å². The fraction of sp³-hybridized carbons (Fsp3) is 0.368. The molecular formula is C19H23N3O2. The molecule has 1 saturated heterocycles. The summed E-state index contributed by atoms with van der Waals surface area (Å²) in [6.07, 6.45) is 4.26. The summed E-state index contributed by atoms with van der Waals surface area (Å²) < 4.78 is 5.14. The molecule has 5 nitrogen and oxygen atoms in total. The van der Waals surface area contributed by atoms with Crippen LogP contribution < -0.4 is 15.0 Å². The number of ether oxygens (including phenoxy) is 1. The molecular weight excluding hydrogens is 302 g/mol. The molecule has 0 radical (unpaired) electrons. The molecule has 0 spiro atoms. The molecule has 1 amide bonds. The Kier molecular flexibility index (Phi) is 4.99. The van der Waals surface area contributed by atoms with Gasteiger partial charge in [-0.3, -0.25) is 4.79 Å². The summed E-state index contributed by atoms with van der Waals surface area (Å²) >= 11 is 0. The second kappa shape index (κ2) is 7.34. The third-order valence-electron chi connectivity index (χ3n) is 4.47. The highest BCUT2D eigenvalue weighted by Gasteiger charge is 2.16. The van der Waals surface area contributed by atoms with Gasteiger partial charge in [0.15, 0.2) is 0 Å². The second-order valence-electron chi connectivity index (χ2n) is 6.26. The molecule has 126 valence electrons. The molecule has 0 bridgehead atoms. The normalized spacial score (nSPS) is 15.2. The molecule has 0 unspecified atom stereocenters. The Morgan fingerprint density at radius 3 is 2.71 bits per heavy atom. The zero-order valence-corrected chi connectivity index (χ0v) is 14.2. The minimum absolute atomic E-state index is 0.194. The van der Waals surface area contributed by atoms with Gasteiger partial charge in [-0.15, -0.1) is 0 Å². The number of hydrogen-bond acceptors (Lipinski definition) is 4. The smallest absolute Gasteiger partial charge is 0.256 e. The molecule has 0 aliphatic carbocycles. The van der Waals surface area contributed by atoms with E-state index in [9.17, 15) is 4.79 Å². The summed E-state index contributed by atoms with van der Waals surface area (Å²) in [6.45, 7) is 4.43. The van der Waals surface area contributed by atoms with Crippen LogP contribution in [0.4, 0.5) is 11.5 Å². The number of anilines is 2. The number of nitrogens with zero attached hydrogens (tertiary/aromatic N) is 2. The van der Waals surface area contributed by atoms with E-state index in [1.54, 1.807) is 25.3 Å². The number of hydrogen-bond donors (Lipinski definition) is 1. The predicted octanol–water partition coefficient (Wildman–Crippen LogP) is 3.58. The van der Waals surface area contributed by atoms with Crippen molar-refractivity contribution in [2.75, 3.05) is 30.4 Å². The highest BCUT2D eigenvalue weighted by molar-refractivity contribution is 6.04. The minimum atomic E-state index is -0.194. The summed E-state index contributed by atoms with van der Waals surface area (Å²) in [5.41, 5.74) is 1.66. The number of aromatic nitrogens is 1. The van der Waals surface area contributed by atoms with Crippen LogP contribution in [-0.2, 0) is 0 Å². The molecule has 1 aliphatic rings. The van der Waals surface area contributed by atoms with Crippen LogP contribution in [0.1, 0.15) is 30.1 Å². The quantitative estimate of drug-likeness (QED) is 0.933. The molecule has 1 N–H and O–H groups in total. The Bertz CT molecular complexity index is 692. The molecule has 1 aromatic carbocycles. The van der Waals surface area contributed by atoms with Gasteiger partial charge in [0, 0.05) is 18.7 Å². The lowest BCUT2D eigenvalue weighted by Gasteiger charge is -2.31. The molecule has 1 fully saturated rings. The summed E-state index contributed by atoms with van der Waals surface area (Å²) in [5.74, 6) is 1.82. The maximum absolute atomic E-state index is 12.3. The van der Waals surface area contributed by atoms with Crippen molar-refractivity contribution in [2.24, 2.45) is 5.92 Å². The first-order valence-corrected chi connectivity index (χ1v) is 8.32. The molecule has 1 aliphatic heterocycles. The number of methoxy groups -OCH3 is 1. The molecule has 2 heterocycles. The second-order valence-corrected chi connectivity index (χ2v) is 6.26. The molecule has 0 saturated carbocycles. The van der Waals surface area contributed by atoms with Crippen LogP contribution in [-0.4, -0.2) is 31.1 Å². The molecule has 0 atom stereocenters. The predicted molar refractivity (Wildman–Crippen MR) is 95.8 cm³/mol. The summed E-state index contributed by atoms with van der Waals surface area (Å²) in [5, 5.41) is 2.82. The molecule has 1 aromatic heterocycles. The van der Waals surface area contributed by atoms with E-state index in [1.807, 2.05) is 24.4 Å². The highest BCUT2D eigenvalue weighted by atomic mass is 16.5. The van der Waals surface area contributed by atoms with Crippen LogP contribution in [0.5, 0.6) is 5.75 Å². The molecule has 3 rings (SSSR count). The number of nitrogens with one attached hydrogen (secondary N) is 1. The lowest BCUT2D eigenvalue weighted by molar-refractivity contribution is 0.102. The number of amides is 1. The summed E-state index contributed by atoms with van der Waals surface area (Å²) in [7, 11) is 1.58. The van der Waals surface area contributed by atoms with Crippen LogP contribution in [0, 0.1) is 5.92 Å². The van der Waals surface area contributed by atoms with Crippen molar-refractivity contribution in [2.45, 2.75) is 19.8 Å². The Morgan fingerprint density at radius 1 is 1.25 bits per heavy atom. The standard InChI is InChI=1S/C19H23N3O2/c1-14-8-10-22(11-9-14)16-6-7-18(20-13-16)21-19(23)15-4-3-5-17(12-15)24-2/h3-7,12-14H,8-11H2,1-2H3,(H,20,21,23). The Hall–Kier alpha value is -2.56. The van der Waals surface area contributed by atoms with Crippen LogP contribution >= 0.6 is 0 Å². The van der Waals surface area contributed by atoms with E-state index in [0.717, 1.165) is 24.7 Å². The SMILES string of the molecule is COc1cccc(C(=O)Nc2ccc(N3CCC(C)CC3)cn2)c1. The first-order valence-electron chi connectivity index (χ1n) is 8.32. The average molecular weight is 325 g/mol. The fourth-order valence-corrected chi connectivity index (χ4v) is 2.87. The number of piperidine rings is 1. The topological polar surface area (TPSA) is 54.5 Å². The largest absolute Gasteiger partial charge is 0.497 e. The lowest BCUT2D eigenvalue weighted by atomic mass is 9.99. The van der Waals surface area contributed by atoms with Gasteiger partial charge in [0.25, 0.3) is 5.91 Å². The third kappa shape index (κ3) is 3.85. The first kappa shape index (κ1) is 16.3. The van der Waals surface area contributed by atoms with Crippen molar-refractivity contribution >= 4 is 17.4 Å². The Labute approximate surface area is 142 Å². The van der Waals surface area contributed by atoms with Gasteiger partial charge in [-0.05, 0) is 49.1 Å². The highest BCUT2D eigenvalue weighted by Crippen LogP contribution is 2.23. The van der Waals surface area contributed by atoms with Gasteiger partial charge >= 0.3 is 0 Å². The first-order chi connectivity index (χ1) is 11.7. The molecule has 24 heavy (non-hydrogen) atoms. The maximum Gasteiger partial charge on any atom is 0.256 e. The van der Waals surface area contributed by atoms with Gasteiger partial charge in [0.2, 0.25) is 0 Å². The average Bonchev–Trinajstić information content (AvgIpc) is 2.63. The summed E-state index contributed by atoms with van der Waals surface area (Å²) in [6, 6.07) is 10.9. The van der Waals surface area contributed by atoms with E-state index in [4.69, 9.17) is 4.74 Å². The number of rotatable bonds is 4. The number of carbonyl (C=O) groups is 1. The van der Waals surface area contributed by atoms with Crippen molar-refractivity contribution in [1.29, 1.82) is 0 Å². The van der Waals surface area contributed by atoms with Gasteiger partial charge < -0.3 is 15.0 Å². The fourth-order valence-electron chi connectivity index (χ4n) is 2.87. The minimum Gasteiger partial charge on any atom is -0.497 e. The third-order valence-corrected chi connectivity index (χ3v) is 4.47. The van der Waals surface area contributed by atoms with Crippen LogP contribution in [0.3, 0.4) is 0 Å². The van der Waals surface area contributed by atoms with E-state index in [1.165, 1.54) is 12.8 Å². The number of pyridine rings is 1. The zero-order valence-electron chi connectivity index (χ0n) is 14.2. The van der Waals surface area contributed by atoms with E-state index >= 15 is 0 Å². The van der Waals surface area contributed by atoms with Gasteiger partial charge in [0.05, 0.1) is 19.0 Å². The summed E-state index contributed by atoms with van der Waals surface area (Å²) in [4.78, 5) is 19.0. The lowest BCUT2D eigenvalue weighted by Crippen LogP contribution is -2.32.